The highest BCUT2D eigenvalue weighted by molar-refractivity contribution is 7.98. The smallest absolute Gasteiger partial charge is 0.243 e. The number of thioether (sulfide) groups is 1. The van der Waals surface area contributed by atoms with Gasteiger partial charge in [0.15, 0.2) is 0 Å². The Morgan fingerprint density at radius 2 is 1.84 bits per heavy atom. The molecule has 5 nitrogen and oxygen atoms in total. The molecular weight excluding hydrogens is 482 g/mol. The van der Waals surface area contributed by atoms with E-state index in [-0.39, 0.29) is 17.3 Å². The summed E-state index contributed by atoms with van der Waals surface area (Å²) in [5.41, 5.74) is 0.871. The highest BCUT2D eigenvalue weighted by Gasteiger charge is 2.33. The maximum atomic E-state index is 13.1. The van der Waals surface area contributed by atoms with Gasteiger partial charge in [-0.05, 0) is 54.8 Å². The van der Waals surface area contributed by atoms with Crippen LogP contribution in [0, 0.1) is 11.7 Å². The average Bonchev–Trinajstić information content (AvgIpc) is 2.75. The molecule has 0 aromatic heterocycles. The molecule has 0 saturated carbocycles. The molecule has 2 aromatic carbocycles. The molecule has 1 fully saturated rings. The third kappa shape index (κ3) is 6.35. The van der Waals surface area contributed by atoms with E-state index in [9.17, 15) is 17.6 Å². The summed E-state index contributed by atoms with van der Waals surface area (Å²) in [6.07, 6.45) is 1.22. The Labute approximate surface area is 196 Å². The summed E-state index contributed by atoms with van der Waals surface area (Å²) in [5.74, 6) is 0.255. The van der Waals surface area contributed by atoms with Gasteiger partial charge in [0.05, 0.1) is 10.8 Å². The zero-order valence-corrected chi connectivity index (χ0v) is 19.8. The topological polar surface area (TPSA) is 66.5 Å². The molecule has 10 heteroatoms. The first-order valence-corrected chi connectivity index (χ1v) is 13.2. The Hall–Kier alpha value is -1.32. The summed E-state index contributed by atoms with van der Waals surface area (Å²) in [7, 11) is -3.76. The van der Waals surface area contributed by atoms with Crippen molar-refractivity contribution < 1.29 is 17.6 Å². The second kappa shape index (κ2) is 11.0. The van der Waals surface area contributed by atoms with Crippen molar-refractivity contribution in [1.82, 2.24) is 9.62 Å². The summed E-state index contributed by atoms with van der Waals surface area (Å²) in [6, 6.07) is 10.1. The SMILES string of the molecule is O=C(NCCSCc1c(Cl)cccc1Cl)C1CCCN(S(=O)(=O)c2ccc(F)cc2)C1. The van der Waals surface area contributed by atoms with Gasteiger partial charge in [0.2, 0.25) is 15.9 Å². The highest BCUT2D eigenvalue weighted by atomic mass is 35.5. The Morgan fingerprint density at radius 1 is 1.16 bits per heavy atom. The molecule has 1 saturated heterocycles. The number of hydrogen-bond acceptors (Lipinski definition) is 4. The molecule has 0 spiro atoms. The number of benzene rings is 2. The number of amides is 1. The third-order valence-corrected chi connectivity index (χ3v) is 8.63. The fourth-order valence-electron chi connectivity index (χ4n) is 3.37. The normalized spacial score (nSPS) is 17.5. The second-order valence-corrected chi connectivity index (χ2v) is 11.1. The van der Waals surface area contributed by atoms with Crippen molar-refractivity contribution in [2.45, 2.75) is 23.5 Å². The van der Waals surface area contributed by atoms with Crippen LogP contribution in [0.15, 0.2) is 47.4 Å². The van der Waals surface area contributed by atoms with Crippen LogP contribution in [-0.4, -0.2) is 44.0 Å². The minimum atomic E-state index is -3.76. The first kappa shape index (κ1) is 24.3. The van der Waals surface area contributed by atoms with Crippen molar-refractivity contribution in [1.29, 1.82) is 0 Å². The van der Waals surface area contributed by atoms with Crippen LogP contribution in [0.4, 0.5) is 4.39 Å². The van der Waals surface area contributed by atoms with Gasteiger partial charge in [0.1, 0.15) is 5.82 Å². The summed E-state index contributed by atoms with van der Waals surface area (Å²) >= 11 is 13.9. The van der Waals surface area contributed by atoms with Gasteiger partial charge in [0, 0.05) is 41.2 Å². The average molecular weight is 505 g/mol. The van der Waals surface area contributed by atoms with Crippen molar-refractivity contribution in [2.24, 2.45) is 5.92 Å². The van der Waals surface area contributed by atoms with Gasteiger partial charge in [-0.25, -0.2) is 12.8 Å². The fraction of sp³-hybridized carbons (Fsp3) is 0.381. The van der Waals surface area contributed by atoms with Crippen LogP contribution < -0.4 is 5.32 Å². The minimum Gasteiger partial charge on any atom is -0.355 e. The summed E-state index contributed by atoms with van der Waals surface area (Å²) in [4.78, 5) is 12.6. The molecule has 1 aliphatic heterocycles. The molecule has 0 bridgehead atoms. The quantitative estimate of drug-likeness (QED) is 0.534. The second-order valence-electron chi connectivity index (χ2n) is 7.20. The van der Waals surface area contributed by atoms with Gasteiger partial charge in [-0.1, -0.05) is 29.3 Å². The molecule has 1 unspecified atom stereocenters. The number of hydrogen-bond donors (Lipinski definition) is 1. The van der Waals surface area contributed by atoms with E-state index in [1.54, 1.807) is 30.0 Å². The van der Waals surface area contributed by atoms with Crippen LogP contribution in [-0.2, 0) is 20.6 Å². The van der Waals surface area contributed by atoms with Gasteiger partial charge in [-0.3, -0.25) is 4.79 Å². The lowest BCUT2D eigenvalue weighted by atomic mass is 9.99. The summed E-state index contributed by atoms with van der Waals surface area (Å²) < 4.78 is 40.0. The third-order valence-electron chi connectivity index (χ3n) is 5.06. The summed E-state index contributed by atoms with van der Waals surface area (Å²) in [6.45, 7) is 0.929. The van der Waals surface area contributed by atoms with E-state index in [1.165, 1.54) is 16.4 Å². The summed E-state index contributed by atoms with van der Waals surface area (Å²) in [5, 5.41) is 4.13. The van der Waals surface area contributed by atoms with Crippen molar-refractivity contribution in [3.63, 3.8) is 0 Å². The van der Waals surface area contributed by atoms with E-state index in [0.29, 0.717) is 47.5 Å². The predicted molar refractivity (Wildman–Crippen MR) is 124 cm³/mol. The number of rotatable bonds is 8. The first-order chi connectivity index (χ1) is 14.8. The number of halogens is 3. The van der Waals surface area contributed by atoms with Crippen molar-refractivity contribution >= 4 is 50.9 Å². The van der Waals surface area contributed by atoms with Gasteiger partial charge in [0.25, 0.3) is 0 Å². The molecule has 1 atom stereocenters. The van der Waals surface area contributed by atoms with Crippen LogP contribution in [0.25, 0.3) is 0 Å². The zero-order valence-electron chi connectivity index (χ0n) is 16.7. The maximum Gasteiger partial charge on any atom is 0.243 e. The van der Waals surface area contributed by atoms with E-state index in [2.05, 4.69) is 5.32 Å². The van der Waals surface area contributed by atoms with Crippen molar-refractivity contribution in [3.8, 4) is 0 Å². The Morgan fingerprint density at radius 3 is 2.52 bits per heavy atom. The molecule has 3 rings (SSSR count). The lowest BCUT2D eigenvalue weighted by molar-refractivity contribution is -0.125. The van der Waals surface area contributed by atoms with Crippen LogP contribution >= 0.6 is 35.0 Å². The molecule has 0 aliphatic carbocycles. The van der Waals surface area contributed by atoms with Crippen molar-refractivity contribution in [3.05, 3.63) is 63.9 Å². The Kier molecular flexibility index (Phi) is 8.64. The Bertz CT molecular complexity index is 1000. The van der Waals surface area contributed by atoms with Crippen LogP contribution in [0.5, 0.6) is 0 Å². The number of sulfonamides is 1. The minimum absolute atomic E-state index is 0.0320. The highest BCUT2D eigenvalue weighted by Crippen LogP contribution is 2.28. The molecule has 168 valence electrons. The molecule has 1 aliphatic rings. The van der Waals surface area contributed by atoms with Crippen molar-refractivity contribution in [2.75, 3.05) is 25.4 Å². The molecule has 1 N–H and O–H groups in total. The molecular formula is C21H23Cl2FN2O3S2. The number of nitrogens with one attached hydrogen (secondary N) is 1. The molecule has 31 heavy (non-hydrogen) atoms. The fourth-order valence-corrected chi connectivity index (χ4v) is 6.48. The zero-order chi connectivity index (χ0) is 22.4. The maximum absolute atomic E-state index is 13.1. The van der Waals surface area contributed by atoms with Gasteiger partial charge in [-0.2, -0.15) is 16.1 Å². The van der Waals surface area contributed by atoms with Gasteiger partial charge < -0.3 is 5.32 Å². The number of carbonyl (C=O) groups is 1. The predicted octanol–water partition coefficient (Wildman–Crippen LogP) is 4.58. The van der Waals surface area contributed by atoms with E-state index >= 15 is 0 Å². The van der Waals surface area contributed by atoms with E-state index < -0.39 is 21.8 Å². The number of nitrogens with zero attached hydrogens (tertiary/aromatic N) is 1. The van der Waals surface area contributed by atoms with Gasteiger partial charge in [-0.15, -0.1) is 0 Å². The lowest BCUT2D eigenvalue weighted by Crippen LogP contribution is -2.45. The van der Waals surface area contributed by atoms with Crippen LogP contribution in [0.1, 0.15) is 18.4 Å². The van der Waals surface area contributed by atoms with E-state index in [1.807, 2.05) is 0 Å². The molecule has 2 aromatic rings. The lowest BCUT2D eigenvalue weighted by Gasteiger charge is -2.31. The number of piperidine rings is 1. The first-order valence-electron chi connectivity index (χ1n) is 9.83. The van der Waals surface area contributed by atoms with E-state index in [0.717, 1.165) is 17.7 Å². The number of carbonyl (C=O) groups excluding carboxylic acids is 1. The monoisotopic (exact) mass is 504 g/mol. The molecule has 1 heterocycles. The largest absolute Gasteiger partial charge is 0.355 e. The van der Waals surface area contributed by atoms with Crippen LogP contribution in [0.2, 0.25) is 10.0 Å². The molecule has 0 radical (unpaired) electrons. The Balaban J connectivity index is 1.48. The van der Waals surface area contributed by atoms with E-state index in [4.69, 9.17) is 23.2 Å². The van der Waals surface area contributed by atoms with Gasteiger partial charge >= 0.3 is 0 Å². The van der Waals surface area contributed by atoms with Crippen LogP contribution in [0.3, 0.4) is 0 Å². The standard InChI is InChI=1S/C21H23Cl2FN2O3S2/c22-19-4-1-5-20(23)18(19)14-30-12-10-25-21(27)15-3-2-11-26(13-15)31(28,29)17-8-6-16(24)7-9-17/h1,4-9,15H,2-3,10-14H2,(H,25,27). The molecule has 1 amide bonds.